The van der Waals surface area contributed by atoms with Crippen LogP contribution in [-0.4, -0.2) is 37.5 Å². The summed E-state index contributed by atoms with van der Waals surface area (Å²) in [7, 11) is 1.71. The molecule has 0 unspecified atom stereocenters. The molecule has 0 aliphatic heterocycles. The van der Waals surface area contributed by atoms with E-state index in [2.05, 4.69) is 4.90 Å². The minimum atomic E-state index is 0.400. The fourth-order valence-electron chi connectivity index (χ4n) is 1.78. The molecule has 16 heavy (non-hydrogen) atoms. The van der Waals surface area contributed by atoms with Gasteiger partial charge in [0.05, 0.1) is 13.2 Å². The lowest BCUT2D eigenvalue weighted by Gasteiger charge is -2.19. The molecule has 0 radical (unpaired) electrons. The van der Waals surface area contributed by atoms with Gasteiger partial charge in [-0.05, 0) is 25.0 Å². The number of hydrogen-bond acceptors (Lipinski definition) is 4. The number of furan rings is 1. The molecule has 0 spiro atoms. The van der Waals surface area contributed by atoms with Gasteiger partial charge < -0.3 is 9.15 Å². The third kappa shape index (κ3) is 2.93. The highest BCUT2D eigenvalue weighted by Crippen LogP contribution is 2.28. The molecule has 1 aromatic heterocycles. The first kappa shape index (κ1) is 11.4. The Kier molecular flexibility index (Phi) is 3.74. The molecule has 0 amide bonds. The number of ether oxygens (including phenoxy) is 1. The van der Waals surface area contributed by atoms with Crippen molar-refractivity contribution in [2.75, 3.05) is 20.3 Å². The molecule has 4 nitrogen and oxygen atoms in total. The summed E-state index contributed by atoms with van der Waals surface area (Å²) in [5.41, 5.74) is 0. The van der Waals surface area contributed by atoms with E-state index in [4.69, 9.17) is 9.15 Å². The summed E-state index contributed by atoms with van der Waals surface area (Å²) in [5, 5.41) is 0. The highest BCUT2D eigenvalue weighted by atomic mass is 16.5. The molecule has 1 aliphatic rings. The van der Waals surface area contributed by atoms with Gasteiger partial charge >= 0.3 is 0 Å². The molecule has 0 bridgehead atoms. The van der Waals surface area contributed by atoms with Gasteiger partial charge in [0.1, 0.15) is 5.76 Å². The van der Waals surface area contributed by atoms with Gasteiger partial charge in [0.2, 0.25) is 0 Å². The number of hydrogen-bond donors (Lipinski definition) is 0. The van der Waals surface area contributed by atoms with Crippen molar-refractivity contribution in [3.8, 4) is 0 Å². The molecule has 4 heteroatoms. The largest absolute Gasteiger partial charge is 0.457 e. The molecule has 1 fully saturated rings. The maximum atomic E-state index is 10.5. The summed E-state index contributed by atoms with van der Waals surface area (Å²) in [6.07, 6.45) is 3.25. The van der Waals surface area contributed by atoms with Crippen LogP contribution in [0, 0.1) is 0 Å². The first-order valence-electron chi connectivity index (χ1n) is 5.60. The van der Waals surface area contributed by atoms with Gasteiger partial charge in [-0.2, -0.15) is 0 Å². The second-order valence-corrected chi connectivity index (χ2v) is 4.12. The van der Waals surface area contributed by atoms with Crippen molar-refractivity contribution in [2.45, 2.75) is 25.4 Å². The van der Waals surface area contributed by atoms with Gasteiger partial charge in [-0.1, -0.05) is 0 Å². The van der Waals surface area contributed by atoms with Crippen molar-refractivity contribution in [2.24, 2.45) is 0 Å². The number of carbonyl (C=O) groups is 1. The summed E-state index contributed by atoms with van der Waals surface area (Å²) in [5.74, 6) is 1.25. The first-order chi connectivity index (χ1) is 7.83. The highest BCUT2D eigenvalue weighted by molar-refractivity contribution is 5.70. The second-order valence-electron chi connectivity index (χ2n) is 4.12. The Morgan fingerprint density at radius 3 is 2.94 bits per heavy atom. The molecule has 0 N–H and O–H groups in total. The Hall–Kier alpha value is -1.13. The van der Waals surface area contributed by atoms with Gasteiger partial charge in [0.25, 0.3) is 0 Å². The van der Waals surface area contributed by atoms with Crippen molar-refractivity contribution in [1.29, 1.82) is 0 Å². The number of nitrogens with zero attached hydrogens (tertiary/aromatic N) is 1. The Morgan fingerprint density at radius 2 is 2.38 bits per heavy atom. The quantitative estimate of drug-likeness (QED) is 0.660. The fraction of sp³-hybridized carbons (Fsp3) is 0.583. The summed E-state index contributed by atoms with van der Waals surface area (Å²) in [6, 6.07) is 4.25. The predicted octanol–water partition coefficient (Wildman–Crippen LogP) is 1.70. The Labute approximate surface area is 95.2 Å². The first-order valence-corrected chi connectivity index (χ1v) is 5.60. The van der Waals surface area contributed by atoms with Crippen LogP contribution in [0.3, 0.4) is 0 Å². The summed E-state index contributed by atoms with van der Waals surface area (Å²) >= 11 is 0. The van der Waals surface area contributed by atoms with Crippen LogP contribution in [0.1, 0.15) is 29.2 Å². The molecule has 0 saturated heterocycles. The maximum Gasteiger partial charge on any atom is 0.185 e. The average Bonchev–Trinajstić information content (AvgIpc) is 3.05. The Morgan fingerprint density at radius 1 is 1.56 bits per heavy atom. The van der Waals surface area contributed by atoms with Gasteiger partial charge in [-0.25, -0.2) is 0 Å². The number of rotatable bonds is 7. The zero-order chi connectivity index (χ0) is 11.4. The molecular formula is C12H17NO3. The summed E-state index contributed by atoms with van der Waals surface area (Å²) < 4.78 is 10.5. The van der Waals surface area contributed by atoms with Gasteiger partial charge in [0.15, 0.2) is 12.0 Å². The standard InChI is InChI=1S/C12H17NO3/c1-15-7-6-13(10-2-3-10)8-11-4-5-12(9-14)16-11/h4-5,9-10H,2-3,6-8H2,1H3. The molecule has 1 aliphatic carbocycles. The Bertz CT molecular complexity index is 344. The predicted molar refractivity (Wildman–Crippen MR) is 59.4 cm³/mol. The van der Waals surface area contributed by atoms with Crippen molar-refractivity contribution in [3.63, 3.8) is 0 Å². The van der Waals surface area contributed by atoms with Crippen LogP contribution in [0.2, 0.25) is 0 Å². The molecule has 1 heterocycles. The zero-order valence-corrected chi connectivity index (χ0v) is 9.52. The number of methoxy groups -OCH3 is 1. The third-order valence-electron chi connectivity index (χ3n) is 2.80. The average molecular weight is 223 g/mol. The van der Waals surface area contributed by atoms with Crippen molar-refractivity contribution < 1.29 is 13.9 Å². The minimum absolute atomic E-state index is 0.400. The maximum absolute atomic E-state index is 10.5. The molecule has 1 aromatic rings. The highest BCUT2D eigenvalue weighted by Gasteiger charge is 2.29. The second kappa shape index (κ2) is 5.27. The van der Waals surface area contributed by atoms with E-state index in [0.717, 1.165) is 31.7 Å². The fourth-order valence-corrected chi connectivity index (χ4v) is 1.78. The minimum Gasteiger partial charge on any atom is -0.457 e. The Balaban J connectivity index is 1.91. The van der Waals surface area contributed by atoms with E-state index in [-0.39, 0.29) is 0 Å². The van der Waals surface area contributed by atoms with E-state index in [9.17, 15) is 4.79 Å². The zero-order valence-electron chi connectivity index (χ0n) is 9.52. The lowest BCUT2D eigenvalue weighted by Crippen LogP contribution is -2.28. The van der Waals surface area contributed by atoms with Gasteiger partial charge in [-0.15, -0.1) is 0 Å². The summed E-state index contributed by atoms with van der Waals surface area (Å²) in [6.45, 7) is 2.41. The van der Waals surface area contributed by atoms with Gasteiger partial charge in [-0.3, -0.25) is 9.69 Å². The van der Waals surface area contributed by atoms with E-state index in [1.807, 2.05) is 6.07 Å². The van der Waals surface area contributed by atoms with Crippen LogP contribution in [-0.2, 0) is 11.3 Å². The molecule has 2 rings (SSSR count). The van der Waals surface area contributed by atoms with Crippen LogP contribution in [0.15, 0.2) is 16.5 Å². The van der Waals surface area contributed by atoms with E-state index in [1.165, 1.54) is 12.8 Å². The lowest BCUT2D eigenvalue weighted by atomic mass is 10.3. The van der Waals surface area contributed by atoms with Crippen molar-refractivity contribution in [1.82, 2.24) is 4.90 Å². The normalized spacial score (nSPS) is 15.6. The smallest absolute Gasteiger partial charge is 0.185 e. The van der Waals surface area contributed by atoms with E-state index in [1.54, 1.807) is 13.2 Å². The van der Waals surface area contributed by atoms with Crippen molar-refractivity contribution in [3.05, 3.63) is 23.7 Å². The number of aldehydes is 1. The van der Waals surface area contributed by atoms with Crippen LogP contribution in [0.25, 0.3) is 0 Å². The molecular weight excluding hydrogens is 206 g/mol. The monoisotopic (exact) mass is 223 g/mol. The molecule has 88 valence electrons. The van der Waals surface area contributed by atoms with E-state index < -0.39 is 0 Å². The van der Waals surface area contributed by atoms with Crippen molar-refractivity contribution >= 4 is 6.29 Å². The van der Waals surface area contributed by atoms with Crippen LogP contribution in [0.4, 0.5) is 0 Å². The SMILES string of the molecule is COCCN(Cc1ccc(C=O)o1)C1CC1. The molecule has 0 aromatic carbocycles. The summed E-state index contributed by atoms with van der Waals surface area (Å²) in [4.78, 5) is 12.8. The van der Waals surface area contributed by atoms with Gasteiger partial charge in [0, 0.05) is 19.7 Å². The van der Waals surface area contributed by atoms with Crippen LogP contribution >= 0.6 is 0 Å². The lowest BCUT2D eigenvalue weighted by molar-refractivity contribution is 0.109. The van der Waals surface area contributed by atoms with E-state index >= 15 is 0 Å². The van der Waals surface area contributed by atoms with E-state index in [0.29, 0.717) is 11.8 Å². The van der Waals surface area contributed by atoms with Crippen LogP contribution < -0.4 is 0 Å². The topological polar surface area (TPSA) is 42.7 Å². The molecule has 1 saturated carbocycles. The molecule has 0 atom stereocenters. The van der Waals surface area contributed by atoms with Crippen LogP contribution in [0.5, 0.6) is 0 Å². The third-order valence-corrected chi connectivity index (χ3v) is 2.80. The number of carbonyl (C=O) groups excluding carboxylic acids is 1.